The summed E-state index contributed by atoms with van der Waals surface area (Å²) in [6.07, 6.45) is 5.02. The molecule has 3 aliphatic rings. The third-order valence-electron chi connectivity index (χ3n) is 6.66. The number of amides is 3. The van der Waals surface area contributed by atoms with E-state index in [1.54, 1.807) is 4.90 Å². The Morgan fingerprint density at radius 3 is 2.64 bits per heavy atom. The first kappa shape index (κ1) is 24.3. The van der Waals surface area contributed by atoms with Crippen LogP contribution in [0.3, 0.4) is 0 Å². The summed E-state index contributed by atoms with van der Waals surface area (Å²) in [4.78, 5) is 41.9. The van der Waals surface area contributed by atoms with E-state index in [1.165, 1.54) is 11.8 Å². The molecule has 3 heterocycles. The number of nitrogens with zero attached hydrogens (tertiary/aromatic N) is 2. The maximum absolute atomic E-state index is 13.1. The number of rotatable bonds is 6. The molecule has 0 aromatic heterocycles. The number of carbonyl (C=O) groups is 3. The van der Waals surface area contributed by atoms with Gasteiger partial charge in [-0.2, -0.15) is 0 Å². The SMILES string of the molecule is CNCC1CCN(C(=O)c2ccc(N3CC(NC(=O)C4CC=C(Br)S4)CC3=O)cc2C)CC1. The highest BCUT2D eigenvalue weighted by molar-refractivity contribution is 9.14. The van der Waals surface area contributed by atoms with Crippen LogP contribution in [0.25, 0.3) is 0 Å². The lowest BCUT2D eigenvalue weighted by Gasteiger charge is -2.32. The quantitative estimate of drug-likeness (QED) is 0.586. The summed E-state index contributed by atoms with van der Waals surface area (Å²) in [6, 6.07) is 5.40. The first-order chi connectivity index (χ1) is 15.9. The maximum atomic E-state index is 13.1. The van der Waals surface area contributed by atoms with Crippen molar-refractivity contribution in [3.63, 3.8) is 0 Å². The summed E-state index contributed by atoms with van der Waals surface area (Å²) in [5.41, 5.74) is 2.34. The number of hydrogen-bond acceptors (Lipinski definition) is 5. The summed E-state index contributed by atoms with van der Waals surface area (Å²) in [7, 11) is 1.97. The van der Waals surface area contributed by atoms with Crippen molar-refractivity contribution in [2.24, 2.45) is 5.92 Å². The van der Waals surface area contributed by atoms with E-state index in [4.69, 9.17) is 0 Å². The van der Waals surface area contributed by atoms with Gasteiger partial charge in [0.2, 0.25) is 11.8 Å². The number of piperidine rings is 1. The van der Waals surface area contributed by atoms with Crippen molar-refractivity contribution in [1.29, 1.82) is 0 Å². The molecule has 0 radical (unpaired) electrons. The zero-order chi connectivity index (χ0) is 23.5. The molecule has 2 atom stereocenters. The van der Waals surface area contributed by atoms with E-state index in [0.29, 0.717) is 30.9 Å². The number of anilines is 1. The fourth-order valence-corrected chi connectivity index (χ4v) is 6.49. The van der Waals surface area contributed by atoms with Gasteiger partial charge in [0.1, 0.15) is 0 Å². The van der Waals surface area contributed by atoms with Crippen LogP contribution in [0.5, 0.6) is 0 Å². The lowest BCUT2D eigenvalue weighted by atomic mass is 9.96. The van der Waals surface area contributed by atoms with E-state index < -0.39 is 0 Å². The van der Waals surface area contributed by atoms with Crippen molar-refractivity contribution in [3.8, 4) is 0 Å². The second-order valence-corrected chi connectivity index (χ2v) is 11.7. The molecule has 2 saturated heterocycles. The molecule has 9 heteroatoms. The summed E-state index contributed by atoms with van der Waals surface area (Å²) in [5, 5.41) is 6.11. The van der Waals surface area contributed by atoms with Crippen LogP contribution in [-0.4, -0.2) is 67.1 Å². The van der Waals surface area contributed by atoms with Gasteiger partial charge in [-0.1, -0.05) is 6.08 Å². The number of nitrogens with one attached hydrogen (secondary N) is 2. The smallest absolute Gasteiger partial charge is 0.254 e. The lowest BCUT2D eigenvalue weighted by molar-refractivity contribution is -0.121. The summed E-state index contributed by atoms with van der Waals surface area (Å²) >= 11 is 4.92. The molecule has 2 N–H and O–H groups in total. The summed E-state index contributed by atoms with van der Waals surface area (Å²) in [5.74, 6) is 0.653. The molecule has 1 aromatic carbocycles. The third kappa shape index (κ3) is 5.63. The highest BCUT2D eigenvalue weighted by Crippen LogP contribution is 2.36. The van der Waals surface area contributed by atoms with E-state index >= 15 is 0 Å². The number of carbonyl (C=O) groups excluding carboxylic acids is 3. The molecule has 33 heavy (non-hydrogen) atoms. The first-order valence-electron chi connectivity index (χ1n) is 11.5. The molecular weight excluding hydrogens is 504 g/mol. The van der Waals surface area contributed by atoms with Gasteiger partial charge in [0, 0.05) is 41.1 Å². The van der Waals surface area contributed by atoms with Gasteiger partial charge in [0.15, 0.2) is 0 Å². The van der Waals surface area contributed by atoms with Gasteiger partial charge in [0.25, 0.3) is 5.91 Å². The topological polar surface area (TPSA) is 81.8 Å². The number of benzene rings is 1. The van der Waals surface area contributed by atoms with Crippen LogP contribution in [0.2, 0.25) is 0 Å². The normalized spacial score (nSPS) is 23.7. The first-order valence-corrected chi connectivity index (χ1v) is 13.2. The molecule has 3 amide bonds. The van der Waals surface area contributed by atoms with Crippen molar-refractivity contribution in [2.45, 2.75) is 43.9 Å². The van der Waals surface area contributed by atoms with Crippen LogP contribution < -0.4 is 15.5 Å². The van der Waals surface area contributed by atoms with Gasteiger partial charge in [-0.05, 0) is 85.4 Å². The second-order valence-electron chi connectivity index (χ2n) is 9.06. The van der Waals surface area contributed by atoms with E-state index in [2.05, 4.69) is 26.6 Å². The monoisotopic (exact) mass is 534 g/mol. The van der Waals surface area contributed by atoms with Crippen molar-refractivity contribution in [2.75, 3.05) is 38.1 Å². The fraction of sp³-hybridized carbons (Fsp3) is 0.542. The largest absolute Gasteiger partial charge is 0.350 e. The molecule has 178 valence electrons. The molecule has 2 fully saturated rings. The minimum absolute atomic E-state index is 0.0104. The molecule has 7 nitrogen and oxygen atoms in total. The summed E-state index contributed by atoms with van der Waals surface area (Å²) < 4.78 is 0.985. The van der Waals surface area contributed by atoms with Crippen LogP contribution in [-0.2, 0) is 9.59 Å². The third-order valence-corrected chi connectivity index (χ3v) is 8.63. The number of thioether (sulfide) groups is 1. The zero-order valence-corrected chi connectivity index (χ0v) is 21.5. The maximum Gasteiger partial charge on any atom is 0.254 e. The predicted molar refractivity (Wildman–Crippen MR) is 136 cm³/mol. The molecule has 1 aromatic rings. The Morgan fingerprint density at radius 1 is 1.24 bits per heavy atom. The molecule has 2 unspecified atom stereocenters. The number of allylic oxidation sites excluding steroid dienone is 1. The van der Waals surface area contributed by atoms with E-state index in [9.17, 15) is 14.4 Å². The van der Waals surface area contributed by atoms with Crippen LogP contribution in [0, 0.1) is 12.8 Å². The lowest BCUT2D eigenvalue weighted by Crippen LogP contribution is -2.41. The molecular formula is C24H31BrN4O3S. The summed E-state index contributed by atoms with van der Waals surface area (Å²) in [6.45, 7) is 4.93. The molecule has 0 spiro atoms. The van der Waals surface area contributed by atoms with Gasteiger partial charge in [-0.25, -0.2) is 0 Å². The minimum Gasteiger partial charge on any atom is -0.350 e. The Labute approximate surface area is 207 Å². The van der Waals surface area contributed by atoms with Gasteiger partial charge in [-0.15, -0.1) is 11.8 Å². The Bertz CT molecular complexity index is 961. The average Bonchev–Trinajstić information content (AvgIpc) is 3.39. The van der Waals surface area contributed by atoms with Crippen molar-refractivity contribution < 1.29 is 14.4 Å². The van der Waals surface area contributed by atoms with Gasteiger partial charge in [0.05, 0.1) is 11.3 Å². The van der Waals surface area contributed by atoms with Crippen LogP contribution in [0.15, 0.2) is 28.1 Å². The highest BCUT2D eigenvalue weighted by Gasteiger charge is 2.34. The Hall–Kier alpha value is -1.84. The van der Waals surface area contributed by atoms with E-state index in [-0.39, 0.29) is 29.0 Å². The van der Waals surface area contributed by atoms with Crippen molar-refractivity contribution >= 4 is 51.1 Å². The number of aryl methyl sites for hydroxylation is 1. The number of hydrogen-bond donors (Lipinski definition) is 2. The van der Waals surface area contributed by atoms with E-state index in [0.717, 1.165) is 47.5 Å². The molecule has 3 aliphatic heterocycles. The average molecular weight is 536 g/mol. The molecule has 4 rings (SSSR count). The van der Waals surface area contributed by atoms with Crippen LogP contribution in [0.4, 0.5) is 5.69 Å². The van der Waals surface area contributed by atoms with Gasteiger partial charge in [-0.3, -0.25) is 14.4 Å². The van der Waals surface area contributed by atoms with Crippen LogP contribution in [0.1, 0.15) is 41.6 Å². The van der Waals surface area contributed by atoms with Crippen molar-refractivity contribution in [3.05, 3.63) is 39.2 Å². The predicted octanol–water partition coefficient (Wildman–Crippen LogP) is 3.03. The van der Waals surface area contributed by atoms with Gasteiger partial charge < -0.3 is 20.4 Å². The molecule has 0 saturated carbocycles. The Balaban J connectivity index is 1.36. The van der Waals surface area contributed by atoms with E-state index in [1.807, 2.05) is 43.1 Å². The van der Waals surface area contributed by atoms with Gasteiger partial charge >= 0.3 is 0 Å². The number of likely N-dealkylation sites (tertiary alicyclic amines) is 1. The zero-order valence-electron chi connectivity index (χ0n) is 19.1. The van der Waals surface area contributed by atoms with Crippen LogP contribution >= 0.6 is 27.7 Å². The molecule has 0 bridgehead atoms. The van der Waals surface area contributed by atoms with Crippen molar-refractivity contribution in [1.82, 2.24) is 15.5 Å². The Morgan fingerprint density at radius 2 is 2.00 bits per heavy atom. The number of halogens is 1. The Kier molecular flexibility index (Phi) is 7.81. The standard InChI is InChI=1S/C24H31BrN4O3S/c1-15-11-18(3-4-19(15)24(32)28-9-7-16(8-10-28)13-26-2)29-14-17(12-22(29)30)27-23(31)20-5-6-21(25)33-20/h3-4,6,11,16-17,20,26H,5,7-10,12-14H2,1-2H3,(H,27,31). The molecule has 0 aliphatic carbocycles. The highest BCUT2D eigenvalue weighted by atomic mass is 79.9. The minimum atomic E-state index is -0.203. The second kappa shape index (κ2) is 10.6. The fourth-order valence-electron chi connectivity index (χ4n) is 4.80.